The summed E-state index contributed by atoms with van der Waals surface area (Å²) in [5, 5.41) is 0. The predicted octanol–water partition coefficient (Wildman–Crippen LogP) is 2.16. The molecule has 0 aromatic carbocycles. The summed E-state index contributed by atoms with van der Waals surface area (Å²) in [6.45, 7) is 7.83. The molecule has 1 atom stereocenters. The van der Waals surface area contributed by atoms with Gasteiger partial charge < -0.3 is 14.4 Å². The summed E-state index contributed by atoms with van der Waals surface area (Å²) < 4.78 is 11.1. The summed E-state index contributed by atoms with van der Waals surface area (Å²) in [4.78, 5) is 2.13. The first kappa shape index (κ1) is 14.9. The topological polar surface area (TPSA) is 21.7 Å². The molecule has 3 heteroatoms. The maximum absolute atomic E-state index is 5.57. The number of nitrogens with zero attached hydrogens (tertiary/aromatic N) is 1. The Morgan fingerprint density at radius 2 is 1.73 bits per heavy atom. The van der Waals surface area contributed by atoms with Crippen LogP contribution in [-0.4, -0.2) is 51.5 Å². The summed E-state index contributed by atoms with van der Waals surface area (Å²) in [5.74, 6) is 0. The molecule has 3 nitrogen and oxygen atoms in total. The fraction of sp³-hybridized carbons (Fsp3) is 1.00. The quantitative estimate of drug-likeness (QED) is 0.523. The van der Waals surface area contributed by atoms with Crippen LogP contribution >= 0.6 is 0 Å². The molecule has 15 heavy (non-hydrogen) atoms. The van der Waals surface area contributed by atoms with Gasteiger partial charge in [0.25, 0.3) is 0 Å². The third-order valence-electron chi connectivity index (χ3n) is 2.34. The molecule has 1 unspecified atom stereocenters. The van der Waals surface area contributed by atoms with Crippen LogP contribution in [0.4, 0.5) is 0 Å². The van der Waals surface area contributed by atoms with Crippen LogP contribution in [0.15, 0.2) is 0 Å². The Labute approximate surface area is 94.7 Å². The molecule has 0 bridgehead atoms. The summed E-state index contributed by atoms with van der Waals surface area (Å²) in [7, 11) is 4.12. The van der Waals surface area contributed by atoms with Crippen molar-refractivity contribution < 1.29 is 9.47 Å². The molecular formula is C12H27NO2. The molecule has 92 valence electrons. The minimum Gasteiger partial charge on any atom is -0.380 e. The van der Waals surface area contributed by atoms with Gasteiger partial charge in [-0.3, -0.25) is 0 Å². The number of hydrogen-bond acceptors (Lipinski definition) is 3. The summed E-state index contributed by atoms with van der Waals surface area (Å²) in [5.41, 5.74) is 0. The molecule has 0 aliphatic heterocycles. The van der Waals surface area contributed by atoms with Crippen molar-refractivity contribution >= 4 is 0 Å². The van der Waals surface area contributed by atoms with Gasteiger partial charge in [-0.15, -0.1) is 0 Å². The second kappa shape index (κ2) is 10.4. The van der Waals surface area contributed by atoms with Gasteiger partial charge in [-0.05, 0) is 40.3 Å². The van der Waals surface area contributed by atoms with Crippen LogP contribution in [0, 0.1) is 0 Å². The van der Waals surface area contributed by atoms with Gasteiger partial charge in [0.15, 0.2) is 0 Å². The van der Waals surface area contributed by atoms with Crippen molar-refractivity contribution in [2.75, 3.05) is 40.5 Å². The SMILES string of the molecule is CCC(C)OCCCCOCCN(C)C. The molecule has 0 saturated heterocycles. The molecule has 0 aromatic rings. The zero-order chi connectivity index (χ0) is 11.5. The van der Waals surface area contributed by atoms with E-state index in [1.807, 2.05) is 0 Å². The van der Waals surface area contributed by atoms with E-state index < -0.39 is 0 Å². The highest BCUT2D eigenvalue weighted by Gasteiger charge is 1.97. The zero-order valence-electron chi connectivity index (χ0n) is 10.8. The number of ether oxygens (including phenoxy) is 2. The summed E-state index contributed by atoms with van der Waals surface area (Å²) in [6, 6.07) is 0. The molecule has 0 amide bonds. The van der Waals surface area contributed by atoms with E-state index in [1.54, 1.807) is 0 Å². The molecule has 0 aromatic heterocycles. The fourth-order valence-electron chi connectivity index (χ4n) is 1.06. The van der Waals surface area contributed by atoms with E-state index >= 15 is 0 Å². The van der Waals surface area contributed by atoms with E-state index in [0.29, 0.717) is 6.10 Å². The van der Waals surface area contributed by atoms with Gasteiger partial charge >= 0.3 is 0 Å². The van der Waals surface area contributed by atoms with Crippen LogP contribution in [0.5, 0.6) is 0 Å². The van der Waals surface area contributed by atoms with Crippen LogP contribution in [-0.2, 0) is 9.47 Å². The van der Waals surface area contributed by atoms with Gasteiger partial charge in [-0.1, -0.05) is 6.92 Å². The Morgan fingerprint density at radius 3 is 2.33 bits per heavy atom. The van der Waals surface area contributed by atoms with Gasteiger partial charge in [-0.2, -0.15) is 0 Å². The zero-order valence-corrected chi connectivity index (χ0v) is 10.8. The second-order valence-corrected chi connectivity index (χ2v) is 4.21. The van der Waals surface area contributed by atoms with Crippen molar-refractivity contribution in [1.82, 2.24) is 4.90 Å². The number of rotatable bonds is 10. The van der Waals surface area contributed by atoms with Crippen LogP contribution in [0.3, 0.4) is 0 Å². The molecule has 0 aliphatic carbocycles. The van der Waals surface area contributed by atoms with Crippen molar-refractivity contribution in [3.05, 3.63) is 0 Å². The Kier molecular flexibility index (Phi) is 10.3. The lowest BCUT2D eigenvalue weighted by Gasteiger charge is -2.11. The van der Waals surface area contributed by atoms with Crippen LogP contribution < -0.4 is 0 Å². The smallest absolute Gasteiger partial charge is 0.0593 e. The number of likely N-dealkylation sites (N-methyl/N-ethyl adjacent to an activating group) is 1. The highest BCUT2D eigenvalue weighted by atomic mass is 16.5. The highest BCUT2D eigenvalue weighted by molar-refractivity contribution is 4.46. The Balaban J connectivity index is 2.99. The number of hydrogen-bond donors (Lipinski definition) is 0. The lowest BCUT2D eigenvalue weighted by Crippen LogP contribution is -2.18. The van der Waals surface area contributed by atoms with Crippen molar-refractivity contribution in [1.29, 1.82) is 0 Å². The molecular weight excluding hydrogens is 190 g/mol. The monoisotopic (exact) mass is 217 g/mol. The molecule has 0 fully saturated rings. The van der Waals surface area contributed by atoms with Crippen molar-refractivity contribution in [3.63, 3.8) is 0 Å². The molecule has 0 radical (unpaired) electrons. The third-order valence-corrected chi connectivity index (χ3v) is 2.34. The molecule has 0 spiro atoms. The first-order chi connectivity index (χ1) is 7.16. The van der Waals surface area contributed by atoms with Gasteiger partial charge in [0.1, 0.15) is 0 Å². The Morgan fingerprint density at radius 1 is 1.07 bits per heavy atom. The Bertz CT molecular complexity index is 129. The van der Waals surface area contributed by atoms with Gasteiger partial charge in [0.05, 0.1) is 12.7 Å². The van der Waals surface area contributed by atoms with Crippen LogP contribution in [0.25, 0.3) is 0 Å². The van der Waals surface area contributed by atoms with Crippen molar-refractivity contribution in [2.45, 2.75) is 39.2 Å². The standard InChI is InChI=1S/C12H27NO2/c1-5-12(2)15-10-7-6-9-14-11-8-13(3)4/h12H,5-11H2,1-4H3. The van der Waals surface area contributed by atoms with Gasteiger partial charge in [-0.25, -0.2) is 0 Å². The minimum absolute atomic E-state index is 0.402. The first-order valence-corrected chi connectivity index (χ1v) is 6.01. The molecule has 0 aliphatic rings. The highest BCUT2D eigenvalue weighted by Crippen LogP contribution is 1.98. The van der Waals surface area contributed by atoms with E-state index in [0.717, 1.165) is 45.6 Å². The van der Waals surface area contributed by atoms with Crippen LogP contribution in [0.1, 0.15) is 33.1 Å². The average molecular weight is 217 g/mol. The molecule has 0 rings (SSSR count). The van der Waals surface area contributed by atoms with Gasteiger partial charge in [0, 0.05) is 19.8 Å². The molecule has 0 N–H and O–H groups in total. The van der Waals surface area contributed by atoms with E-state index in [9.17, 15) is 0 Å². The number of unbranched alkanes of at least 4 members (excludes halogenated alkanes) is 1. The summed E-state index contributed by atoms with van der Waals surface area (Å²) >= 11 is 0. The predicted molar refractivity (Wildman–Crippen MR) is 64.3 cm³/mol. The maximum atomic E-state index is 5.57. The fourth-order valence-corrected chi connectivity index (χ4v) is 1.06. The van der Waals surface area contributed by atoms with E-state index in [1.165, 1.54) is 0 Å². The normalized spacial score (nSPS) is 13.4. The first-order valence-electron chi connectivity index (χ1n) is 6.01. The minimum atomic E-state index is 0.402. The maximum Gasteiger partial charge on any atom is 0.0593 e. The third kappa shape index (κ3) is 11.8. The Hall–Kier alpha value is -0.120. The molecule has 0 saturated carbocycles. The van der Waals surface area contributed by atoms with Crippen molar-refractivity contribution in [3.8, 4) is 0 Å². The lowest BCUT2D eigenvalue weighted by atomic mass is 10.3. The lowest BCUT2D eigenvalue weighted by molar-refractivity contribution is 0.0528. The largest absolute Gasteiger partial charge is 0.380 e. The van der Waals surface area contributed by atoms with E-state index in [-0.39, 0.29) is 0 Å². The van der Waals surface area contributed by atoms with Crippen LogP contribution in [0.2, 0.25) is 0 Å². The van der Waals surface area contributed by atoms with Crippen molar-refractivity contribution in [2.24, 2.45) is 0 Å². The van der Waals surface area contributed by atoms with Gasteiger partial charge in [0.2, 0.25) is 0 Å². The second-order valence-electron chi connectivity index (χ2n) is 4.21. The summed E-state index contributed by atoms with van der Waals surface area (Å²) in [6.07, 6.45) is 3.70. The van der Waals surface area contributed by atoms with E-state index in [4.69, 9.17) is 9.47 Å². The average Bonchev–Trinajstić information content (AvgIpc) is 2.21. The van der Waals surface area contributed by atoms with E-state index in [2.05, 4.69) is 32.8 Å². The molecule has 0 heterocycles.